The average molecular weight is 405 g/mol. The van der Waals surface area contributed by atoms with Gasteiger partial charge in [0.15, 0.2) is 0 Å². The van der Waals surface area contributed by atoms with Crippen LogP contribution in [0, 0.1) is 0 Å². The molecule has 0 atom stereocenters. The Hall–Kier alpha value is -3.12. The number of nitrogens with zero attached hydrogens (tertiary/aromatic N) is 1. The van der Waals surface area contributed by atoms with Gasteiger partial charge in [-0.15, -0.1) is 0 Å². The molecular weight excluding hydrogens is 376 g/mol. The van der Waals surface area contributed by atoms with Crippen LogP contribution in [0.2, 0.25) is 0 Å². The van der Waals surface area contributed by atoms with Crippen LogP contribution in [0.1, 0.15) is 41.6 Å². The fourth-order valence-electron chi connectivity index (χ4n) is 4.17. The fraction of sp³-hybridized carbons (Fsp3) is 0.333. The summed E-state index contributed by atoms with van der Waals surface area (Å²) in [4.78, 5) is 29.8. The van der Waals surface area contributed by atoms with Gasteiger partial charge in [0.25, 0.3) is 5.91 Å². The highest BCUT2D eigenvalue weighted by molar-refractivity contribution is 6.06. The van der Waals surface area contributed by atoms with E-state index in [2.05, 4.69) is 15.2 Å². The number of H-pyrrole nitrogens is 1. The number of carbonyl (C=O) groups is 2. The number of para-hydroxylation sites is 1. The number of nitrogens with two attached hydrogens (primary N) is 1. The van der Waals surface area contributed by atoms with Crippen LogP contribution >= 0.6 is 0 Å². The molecule has 0 radical (unpaired) electrons. The van der Waals surface area contributed by atoms with E-state index in [9.17, 15) is 9.59 Å². The van der Waals surface area contributed by atoms with Gasteiger partial charge in [0.2, 0.25) is 5.91 Å². The molecule has 1 aliphatic heterocycles. The standard InChI is InChI=1S/C24H28N4O2/c25-24(30)20-10-6-8-17-15-21(27-23(17)20)19-9-3-2-7-18(19)16-26-22(29)11-14-28-12-4-1-5-13-28/h2-3,6-10,15,27H,1,4-5,11-14,16H2,(H2,25,30)(H,26,29). The molecule has 6 nitrogen and oxygen atoms in total. The number of aromatic amines is 1. The maximum atomic E-state index is 12.4. The summed E-state index contributed by atoms with van der Waals surface area (Å²) in [6.45, 7) is 3.49. The zero-order chi connectivity index (χ0) is 20.9. The Morgan fingerprint density at radius 2 is 1.83 bits per heavy atom. The summed E-state index contributed by atoms with van der Waals surface area (Å²) < 4.78 is 0. The molecule has 1 aliphatic rings. The minimum absolute atomic E-state index is 0.0723. The van der Waals surface area contributed by atoms with Crippen LogP contribution in [0.4, 0.5) is 0 Å². The SMILES string of the molecule is NC(=O)c1cccc2cc(-c3ccccc3CNC(=O)CCN3CCCCC3)[nH]c12. The number of nitrogens with one attached hydrogen (secondary N) is 2. The first kappa shape index (κ1) is 20.2. The molecule has 3 aromatic rings. The summed E-state index contributed by atoms with van der Waals surface area (Å²) in [6.07, 6.45) is 4.29. The van der Waals surface area contributed by atoms with Gasteiger partial charge in [-0.25, -0.2) is 0 Å². The Labute approximate surface area is 176 Å². The predicted molar refractivity (Wildman–Crippen MR) is 119 cm³/mol. The van der Waals surface area contributed by atoms with E-state index in [1.165, 1.54) is 19.3 Å². The molecule has 0 unspecified atom stereocenters. The number of likely N-dealkylation sites (tertiary alicyclic amines) is 1. The zero-order valence-electron chi connectivity index (χ0n) is 17.1. The average Bonchev–Trinajstić information content (AvgIpc) is 3.21. The summed E-state index contributed by atoms with van der Waals surface area (Å²) in [6, 6.07) is 15.5. The molecule has 1 fully saturated rings. The summed E-state index contributed by atoms with van der Waals surface area (Å²) in [5.41, 5.74) is 9.65. The van der Waals surface area contributed by atoms with E-state index >= 15 is 0 Å². The van der Waals surface area contributed by atoms with E-state index in [1.54, 1.807) is 6.07 Å². The number of carbonyl (C=O) groups excluding carboxylic acids is 2. The molecule has 156 valence electrons. The minimum atomic E-state index is -0.455. The molecule has 0 aliphatic carbocycles. The number of fused-ring (bicyclic) bond motifs is 1. The lowest BCUT2D eigenvalue weighted by Gasteiger charge is -2.25. The van der Waals surface area contributed by atoms with E-state index in [0.29, 0.717) is 18.5 Å². The van der Waals surface area contributed by atoms with Gasteiger partial charge in [-0.3, -0.25) is 9.59 Å². The number of benzene rings is 2. The van der Waals surface area contributed by atoms with Gasteiger partial charge in [-0.2, -0.15) is 0 Å². The Morgan fingerprint density at radius 1 is 1.03 bits per heavy atom. The van der Waals surface area contributed by atoms with Crippen LogP contribution in [0.5, 0.6) is 0 Å². The van der Waals surface area contributed by atoms with Gasteiger partial charge < -0.3 is 20.9 Å². The molecule has 4 N–H and O–H groups in total. The van der Waals surface area contributed by atoms with Crippen molar-refractivity contribution >= 4 is 22.7 Å². The summed E-state index contributed by atoms with van der Waals surface area (Å²) in [5.74, 6) is -0.383. The zero-order valence-corrected chi connectivity index (χ0v) is 17.1. The second kappa shape index (κ2) is 9.13. The van der Waals surface area contributed by atoms with Crippen molar-refractivity contribution in [3.05, 3.63) is 59.7 Å². The molecule has 0 saturated carbocycles. The number of piperidine rings is 1. The van der Waals surface area contributed by atoms with E-state index < -0.39 is 5.91 Å². The van der Waals surface area contributed by atoms with Crippen LogP contribution < -0.4 is 11.1 Å². The lowest BCUT2D eigenvalue weighted by atomic mass is 10.0. The monoisotopic (exact) mass is 404 g/mol. The quantitative estimate of drug-likeness (QED) is 0.563. The number of aromatic nitrogens is 1. The predicted octanol–water partition coefficient (Wildman–Crippen LogP) is 3.43. The maximum Gasteiger partial charge on any atom is 0.250 e. The van der Waals surface area contributed by atoms with Crippen molar-refractivity contribution in [1.29, 1.82) is 0 Å². The van der Waals surface area contributed by atoms with Crippen LogP contribution in [-0.2, 0) is 11.3 Å². The lowest BCUT2D eigenvalue weighted by Crippen LogP contribution is -2.34. The van der Waals surface area contributed by atoms with Gasteiger partial charge in [0.05, 0.1) is 11.1 Å². The van der Waals surface area contributed by atoms with Gasteiger partial charge in [-0.1, -0.05) is 42.8 Å². The summed E-state index contributed by atoms with van der Waals surface area (Å²) in [5, 5.41) is 3.99. The van der Waals surface area contributed by atoms with Gasteiger partial charge >= 0.3 is 0 Å². The number of hydrogen-bond donors (Lipinski definition) is 3. The topological polar surface area (TPSA) is 91.2 Å². The first-order valence-corrected chi connectivity index (χ1v) is 10.6. The lowest BCUT2D eigenvalue weighted by molar-refractivity contribution is -0.121. The third-order valence-corrected chi connectivity index (χ3v) is 5.81. The first-order chi connectivity index (χ1) is 14.6. The molecule has 2 amide bonds. The second-order valence-electron chi connectivity index (χ2n) is 7.90. The smallest absolute Gasteiger partial charge is 0.250 e. The number of rotatable bonds is 7. The largest absolute Gasteiger partial charge is 0.366 e. The third kappa shape index (κ3) is 4.54. The molecule has 30 heavy (non-hydrogen) atoms. The normalized spacial score (nSPS) is 14.7. The number of hydrogen-bond acceptors (Lipinski definition) is 3. The van der Waals surface area contributed by atoms with Crippen molar-refractivity contribution in [2.75, 3.05) is 19.6 Å². The third-order valence-electron chi connectivity index (χ3n) is 5.81. The molecular formula is C24H28N4O2. The van der Waals surface area contributed by atoms with Crippen LogP contribution in [0.25, 0.3) is 22.2 Å². The van der Waals surface area contributed by atoms with E-state index in [-0.39, 0.29) is 5.91 Å². The molecule has 2 heterocycles. The van der Waals surface area contributed by atoms with Crippen molar-refractivity contribution in [3.8, 4) is 11.3 Å². The van der Waals surface area contributed by atoms with Crippen molar-refractivity contribution in [1.82, 2.24) is 15.2 Å². The van der Waals surface area contributed by atoms with Crippen LogP contribution in [-0.4, -0.2) is 41.3 Å². The van der Waals surface area contributed by atoms with Gasteiger partial charge in [0, 0.05) is 36.2 Å². The van der Waals surface area contributed by atoms with Gasteiger partial charge in [-0.05, 0) is 43.6 Å². The van der Waals surface area contributed by atoms with Crippen molar-refractivity contribution in [2.24, 2.45) is 5.73 Å². The van der Waals surface area contributed by atoms with Gasteiger partial charge in [0.1, 0.15) is 0 Å². The van der Waals surface area contributed by atoms with E-state index in [1.807, 2.05) is 42.5 Å². The second-order valence-corrected chi connectivity index (χ2v) is 7.90. The summed E-state index contributed by atoms with van der Waals surface area (Å²) in [7, 11) is 0. The summed E-state index contributed by atoms with van der Waals surface area (Å²) >= 11 is 0. The molecule has 1 aromatic heterocycles. The fourth-order valence-corrected chi connectivity index (χ4v) is 4.17. The van der Waals surface area contributed by atoms with Crippen LogP contribution in [0.3, 0.4) is 0 Å². The molecule has 2 aromatic carbocycles. The molecule has 1 saturated heterocycles. The molecule has 4 rings (SSSR count). The molecule has 6 heteroatoms. The van der Waals surface area contributed by atoms with E-state index in [0.717, 1.165) is 47.4 Å². The Morgan fingerprint density at radius 3 is 2.63 bits per heavy atom. The Bertz CT molecular complexity index is 1050. The highest BCUT2D eigenvalue weighted by Crippen LogP contribution is 2.28. The molecule has 0 bridgehead atoms. The Kier molecular flexibility index (Phi) is 6.14. The van der Waals surface area contributed by atoms with Crippen molar-refractivity contribution in [2.45, 2.75) is 32.2 Å². The minimum Gasteiger partial charge on any atom is -0.366 e. The highest BCUT2D eigenvalue weighted by atomic mass is 16.1. The van der Waals surface area contributed by atoms with Crippen molar-refractivity contribution < 1.29 is 9.59 Å². The first-order valence-electron chi connectivity index (χ1n) is 10.6. The Balaban J connectivity index is 1.46. The van der Waals surface area contributed by atoms with E-state index in [4.69, 9.17) is 5.73 Å². The maximum absolute atomic E-state index is 12.4. The number of amides is 2. The van der Waals surface area contributed by atoms with Crippen molar-refractivity contribution in [3.63, 3.8) is 0 Å². The molecule has 0 spiro atoms. The highest BCUT2D eigenvalue weighted by Gasteiger charge is 2.14. The number of primary amides is 1. The van der Waals surface area contributed by atoms with Crippen LogP contribution in [0.15, 0.2) is 48.5 Å².